The Hall–Kier alpha value is -2.77. The number of rotatable bonds is 4. The predicted molar refractivity (Wildman–Crippen MR) is 94.1 cm³/mol. The minimum absolute atomic E-state index is 0.143. The van der Waals surface area contributed by atoms with E-state index in [1.54, 1.807) is 12.5 Å². The summed E-state index contributed by atoms with van der Waals surface area (Å²) in [5, 5.41) is 5.43. The summed E-state index contributed by atoms with van der Waals surface area (Å²) in [6, 6.07) is 3.46. The van der Waals surface area contributed by atoms with Crippen molar-refractivity contribution in [2.45, 2.75) is 38.0 Å². The van der Waals surface area contributed by atoms with E-state index in [1.807, 2.05) is 18.3 Å². The van der Waals surface area contributed by atoms with Gasteiger partial charge in [-0.25, -0.2) is 4.98 Å². The zero-order valence-electron chi connectivity index (χ0n) is 14.4. The molecule has 3 aliphatic rings. The monoisotopic (exact) mass is 358 g/mol. The number of hydrogen-bond acceptors (Lipinski definition) is 7. The van der Waals surface area contributed by atoms with Crippen molar-refractivity contribution in [2.75, 3.05) is 23.3 Å². The highest BCUT2D eigenvalue weighted by Crippen LogP contribution is 2.29. The topological polar surface area (TPSA) is 92.8 Å². The number of nitrogens with one attached hydrogen (secondary N) is 2. The Labute approximate surface area is 151 Å². The molecule has 8 nitrogen and oxygen atoms in total. The second-order valence-corrected chi connectivity index (χ2v) is 6.79. The highest BCUT2D eigenvalue weighted by Gasteiger charge is 2.30. The largest absolute Gasteiger partial charge is 0.459 e. The lowest BCUT2D eigenvalue weighted by molar-refractivity contribution is -0.133. The molecule has 26 heavy (non-hydrogen) atoms. The average Bonchev–Trinajstić information content (AvgIpc) is 3.20. The van der Waals surface area contributed by atoms with Crippen molar-refractivity contribution in [1.82, 2.24) is 10.3 Å². The number of ether oxygens (including phenoxy) is 2. The zero-order chi connectivity index (χ0) is 17.9. The van der Waals surface area contributed by atoms with Crippen LogP contribution in [0.15, 0.2) is 30.9 Å². The van der Waals surface area contributed by atoms with Gasteiger partial charge in [0.25, 0.3) is 0 Å². The van der Waals surface area contributed by atoms with E-state index in [-0.39, 0.29) is 18.1 Å². The third kappa shape index (κ3) is 3.58. The van der Waals surface area contributed by atoms with Crippen LogP contribution in [0.1, 0.15) is 25.7 Å². The van der Waals surface area contributed by atoms with E-state index in [1.165, 1.54) is 0 Å². The van der Waals surface area contributed by atoms with Gasteiger partial charge in [-0.1, -0.05) is 0 Å². The summed E-state index contributed by atoms with van der Waals surface area (Å²) in [4.78, 5) is 29.7. The Morgan fingerprint density at radius 2 is 1.88 bits per heavy atom. The van der Waals surface area contributed by atoms with Gasteiger partial charge < -0.3 is 19.7 Å². The van der Waals surface area contributed by atoms with Crippen LogP contribution in [0.2, 0.25) is 0 Å². The maximum absolute atomic E-state index is 11.8. The van der Waals surface area contributed by atoms with Crippen LogP contribution in [0.3, 0.4) is 0 Å². The van der Waals surface area contributed by atoms with Crippen LogP contribution < -0.4 is 15.5 Å². The van der Waals surface area contributed by atoms with Crippen LogP contribution in [0.5, 0.6) is 0 Å². The SMILES string of the molecule is O=C1CCC(Nc2ccc(N3CCC(C4OC=CO4)CC3)cn2)C(=O)N1. The maximum atomic E-state index is 11.8. The molecule has 138 valence electrons. The Kier molecular flexibility index (Phi) is 4.64. The van der Waals surface area contributed by atoms with Crippen LogP contribution in [-0.4, -0.2) is 42.2 Å². The van der Waals surface area contributed by atoms with Crippen LogP contribution >= 0.6 is 0 Å². The summed E-state index contributed by atoms with van der Waals surface area (Å²) in [6.07, 6.45) is 7.73. The van der Waals surface area contributed by atoms with E-state index >= 15 is 0 Å². The predicted octanol–water partition coefficient (Wildman–Crippen LogP) is 1.36. The van der Waals surface area contributed by atoms with Crippen LogP contribution in [0.25, 0.3) is 0 Å². The maximum Gasteiger partial charge on any atom is 0.249 e. The van der Waals surface area contributed by atoms with Gasteiger partial charge >= 0.3 is 0 Å². The quantitative estimate of drug-likeness (QED) is 0.785. The molecular weight excluding hydrogens is 336 g/mol. The number of amides is 2. The van der Waals surface area contributed by atoms with Crippen molar-refractivity contribution in [3.05, 3.63) is 30.9 Å². The molecule has 4 rings (SSSR count). The number of anilines is 2. The van der Waals surface area contributed by atoms with Crippen LogP contribution in [0, 0.1) is 5.92 Å². The Balaban J connectivity index is 1.30. The molecular formula is C18H22N4O4. The first kappa shape index (κ1) is 16.7. The standard InChI is InChI=1S/C18H22N4O4/c23-16-4-2-14(17(24)21-16)20-15-3-1-13(11-19-15)22-7-5-12(6-8-22)18-25-9-10-26-18/h1,3,9-12,14,18H,2,4-8H2,(H,19,20)(H,21,23,24). The summed E-state index contributed by atoms with van der Waals surface area (Å²) in [5.41, 5.74) is 1.06. The molecule has 0 spiro atoms. The lowest BCUT2D eigenvalue weighted by atomic mass is 9.96. The van der Waals surface area contributed by atoms with Gasteiger partial charge in [0.2, 0.25) is 18.1 Å². The molecule has 1 unspecified atom stereocenters. The zero-order valence-corrected chi connectivity index (χ0v) is 14.4. The Bertz CT molecular complexity index is 690. The summed E-state index contributed by atoms with van der Waals surface area (Å²) in [6.45, 7) is 1.85. The molecule has 8 heteroatoms. The van der Waals surface area contributed by atoms with Gasteiger partial charge in [0, 0.05) is 25.4 Å². The molecule has 0 saturated carbocycles. The van der Waals surface area contributed by atoms with E-state index in [2.05, 4.69) is 20.5 Å². The molecule has 1 aromatic rings. The lowest BCUT2D eigenvalue weighted by Crippen LogP contribution is -2.47. The first-order valence-corrected chi connectivity index (χ1v) is 8.96. The Morgan fingerprint density at radius 1 is 1.12 bits per heavy atom. The summed E-state index contributed by atoms with van der Waals surface area (Å²) in [5.74, 6) is 0.531. The molecule has 3 aliphatic heterocycles. The van der Waals surface area contributed by atoms with Gasteiger partial charge in [-0.15, -0.1) is 0 Å². The van der Waals surface area contributed by atoms with Crippen molar-refractivity contribution in [3.8, 4) is 0 Å². The Morgan fingerprint density at radius 3 is 2.54 bits per heavy atom. The first-order chi connectivity index (χ1) is 12.7. The number of hydrogen-bond donors (Lipinski definition) is 2. The van der Waals surface area contributed by atoms with Gasteiger partial charge in [-0.05, 0) is 31.4 Å². The lowest BCUT2D eigenvalue weighted by Gasteiger charge is -2.34. The number of nitrogens with zero attached hydrogens (tertiary/aromatic N) is 2. The first-order valence-electron chi connectivity index (χ1n) is 8.96. The van der Waals surface area contributed by atoms with E-state index in [9.17, 15) is 9.59 Å². The van der Waals surface area contributed by atoms with Gasteiger partial charge in [0.1, 0.15) is 24.4 Å². The molecule has 0 bridgehead atoms. The summed E-state index contributed by atoms with van der Waals surface area (Å²) in [7, 11) is 0. The van der Waals surface area contributed by atoms with Crippen molar-refractivity contribution >= 4 is 23.3 Å². The number of carbonyl (C=O) groups excluding carboxylic acids is 2. The molecule has 2 fully saturated rings. The fourth-order valence-electron chi connectivity index (χ4n) is 3.57. The van der Waals surface area contributed by atoms with Crippen LogP contribution in [0.4, 0.5) is 11.5 Å². The smallest absolute Gasteiger partial charge is 0.249 e. The van der Waals surface area contributed by atoms with E-state index in [4.69, 9.17) is 9.47 Å². The minimum Gasteiger partial charge on any atom is -0.459 e. The highest BCUT2D eigenvalue weighted by atomic mass is 16.7. The van der Waals surface area contributed by atoms with Crippen molar-refractivity contribution in [2.24, 2.45) is 5.92 Å². The van der Waals surface area contributed by atoms with Gasteiger partial charge in [-0.3, -0.25) is 14.9 Å². The minimum atomic E-state index is -0.415. The molecule has 0 radical (unpaired) electrons. The van der Waals surface area contributed by atoms with Crippen molar-refractivity contribution in [1.29, 1.82) is 0 Å². The molecule has 2 amide bonds. The van der Waals surface area contributed by atoms with Gasteiger partial charge in [-0.2, -0.15) is 0 Å². The second-order valence-electron chi connectivity index (χ2n) is 6.79. The summed E-state index contributed by atoms with van der Waals surface area (Å²) >= 11 is 0. The van der Waals surface area contributed by atoms with E-state index in [0.717, 1.165) is 31.6 Å². The fourth-order valence-corrected chi connectivity index (χ4v) is 3.57. The average molecular weight is 358 g/mol. The third-order valence-electron chi connectivity index (χ3n) is 5.08. The second kappa shape index (κ2) is 7.23. The molecule has 2 saturated heterocycles. The molecule has 0 aromatic carbocycles. The molecule has 1 atom stereocenters. The van der Waals surface area contributed by atoms with E-state index < -0.39 is 6.04 Å². The van der Waals surface area contributed by atoms with E-state index in [0.29, 0.717) is 24.6 Å². The summed E-state index contributed by atoms with van der Waals surface area (Å²) < 4.78 is 10.9. The van der Waals surface area contributed by atoms with Crippen molar-refractivity contribution in [3.63, 3.8) is 0 Å². The number of imide groups is 1. The molecule has 0 aliphatic carbocycles. The number of pyridine rings is 1. The number of piperidine rings is 2. The van der Waals surface area contributed by atoms with Gasteiger partial charge in [0.15, 0.2) is 0 Å². The highest BCUT2D eigenvalue weighted by molar-refractivity contribution is 6.01. The van der Waals surface area contributed by atoms with Crippen molar-refractivity contribution < 1.29 is 19.1 Å². The fraction of sp³-hybridized carbons (Fsp3) is 0.500. The third-order valence-corrected chi connectivity index (χ3v) is 5.08. The number of aromatic nitrogens is 1. The molecule has 2 N–H and O–H groups in total. The normalized spacial score (nSPS) is 24.2. The molecule has 1 aromatic heterocycles. The van der Waals surface area contributed by atoms with Gasteiger partial charge in [0.05, 0.1) is 11.9 Å². The number of carbonyl (C=O) groups is 2. The van der Waals surface area contributed by atoms with Crippen LogP contribution in [-0.2, 0) is 19.1 Å². The molecule has 4 heterocycles.